The van der Waals surface area contributed by atoms with Gasteiger partial charge in [-0.2, -0.15) is 0 Å². The predicted molar refractivity (Wildman–Crippen MR) is 76.4 cm³/mol. The molecule has 3 fully saturated rings. The standard InChI is InChI=1S/C16H30N2/c1-2-15-4-3-9-16(15,12-17)18(10-13-5-6-13)11-14-7-8-14/h13-15H,2-12,17H2,1H3. The summed E-state index contributed by atoms with van der Waals surface area (Å²) < 4.78 is 0. The third-order valence-corrected chi connectivity index (χ3v) is 5.75. The fourth-order valence-corrected chi connectivity index (χ4v) is 4.19. The molecule has 2 atom stereocenters. The van der Waals surface area contributed by atoms with E-state index in [2.05, 4.69) is 11.8 Å². The lowest BCUT2D eigenvalue weighted by molar-refractivity contribution is 0.0464. The van der Waals surface area contributed by atoms with Crippen molar-refractivity contribution >= 4 is 0 Å². The van der Waals surface area contributed by atoms with E-state index in [0.717, 1.165) is 24.3 Å². The van der Waals surface area contributed by atoms with E-state index >= 15 is 0 Å². The first kappa shape index (κ1) is 12.9. The molecular formula is C16H30N2. The van der Waals surface area contributed by atoms with Crippen LogP contribution in [0.5, 0.6) is 0 Å². The van der Waals surface area contributed by atoms with Gasteiger partial charge in [-0.25, -0.2) is 0 Å². The van der Waals surface area contributed by atoms with Crippen molar-refractivity contribution in [1.29, 1.82) is 0 Å². The Balaban J connectivity index is 1.74. The molecule has 2 heteroatoms. The van der Waals surface area contributed by atoms with Crippen molar-refractivity contribution in [2.24, 2.45) is 23.5 Å². The average Bonchev–Trinajstić information content (AvgIpc) is 3.30. The van der Waals surface area contributed by atoms with Crippen LogP contribution < -0.4 is 5.73 Å². The summed E-state index contributed by atoms with van der Waals surface area (Å²) in [7, 11) is 0. The molecule has 18 heavy (non-hydrogen) atoms. The molecule has 0 amide bonds. The van der Waals surface area contributed by atoms with Crippen molar-refractivity contribution in [3.63, 3.8) is 0 Å². The Kier molecular flexibility index (Phi) is 3.68. The second kappa shape index (κ2) is 5.13. The monoisotopic (exact) mass is 250 g/mol. The highest BCUT2D eigenvalue weighted by atomic mass is 15.2. The first-order chi connectivity index (χ1) is 8.78. The molecule has 0 heterocycles. The van der Waals surface area contributed by atoms with Crippen molar-refractivity contribution in [1.82, 2.24) is 4.90 Å². The van der Waals surface area contributed by atoms with Crippen molar-refractivity contribution in [3.8, 4) is 0 Å². The van der Waals surface area contributed by atoms with E-state index in [-0.39, 0.29) is 0 Å². The minimum Gasteiger partial charge on any atom is -0.329 e. The molecule has 2 unspecified atom stereocenters. The Bertz CT molecular complexity index is 269. The zero-order chi connectivity index (χ0) is 12.6. The molecule has 104 valence electrons. The van der Waals surface area contributed by atoms with E-state index in [1.807, 2.05) is 0 Å². The Morgan fingerprint density at radius 3 is 2.11 bits per heavy atom. The predicted octanol–water partition coefficient (Wildman–Crippen LogP) is 3.02. The summed E-state index contributed by atoms with van der Waals surface area (Å²) in [4.78, 5) is 2.86. The summed E-state index contributed by atoms with van der Waals surface area (Å²) in [6.07, 6.45) is 11.4. The summed E-state index contributed by atoms with van der Waals surface area (Å²) in [6.45, 7) is 5.96. The van der Waals surface area contributed by atoms with Crippen LogP contribution in [0.1, 0.15) is 58.3 Å². The van der Waals surface area contributed by atoms with E-state index in [0.29, 0.717) is 5.54 Å². The maximum atomic E-state index is 6.29. The van der Waals surface area contributed by atoms with Gasteiger partial charge < -0.3 is 5.73 Å². The van der Waals surface area contributed by atoms with E-state index in [1.165, 1.54) is 64.5 Å². The van der Waals surface area contributed by atoms with E-state index in [9.17, 15) is 0 Å². The lowest BCUT2D eigenvalue weighted by Gasteiger charge is -2.45. The van der Waals surface area contributed by atoms with Crippen molar-refractivity contribution in [3.05, 3.63) is 0 Å². The van der Waals surface area contributed by atoms with Gasteiger partial charge in [0.2, 0.25) is 0 Å². The van der Waals surface area contributed by atoms with Crippen LogP contribution in [0.2, 0.25) is 0 Å². The maximum absolute atomic E-state index is 6.29. The van der Waals surface area contributed by atoms with Gasteiger partial charge in [0.05, 0.1) is 0 Å². The van der Waals surface area contributed by atoms with Gasteiger partial charge in [-0.05, 0) is 56.3 Å². The van der Waals surface area contributed by atoms with Gasteiger partial charge in [0.25, 0.3) is 0 Å². The molecule has 2 nitrogen and oxygen atoms in total. The number of hydrogen-bond donors (Lipinski definition) is 1. The molecule has 2 N–H and O–H groups in total. The Morgan fingerprint density at radius 2 is 1.67 bits per heavy atom. The first-order valence-corrected chi connectivity index (χ1v) is 8.23. The molecule has 3 rings (SSSR count). The molecule has 0 aromatic heterocycles. The minimum absolute atomic E-state index is 0.375. The quantitative estimate of drug-likeness (QED) is 0.752. The second-order valence-electron chi connectivity index (χ2n) is 7.10. The zero-order valence-corrected chi connectivity index (χ0v) is 12.0. The Hall–Kier alpha value is -0.0800. The molecular weight excluding hydrogens is 220 g/mol. The van der Waals surface area contributed by atoms with Crippen LogP contribution in [-0.2, 0) is 0 Å². The van der Waals surface area contributed by atoms with Gasteiger partial charge in [0.1, 0.15) is 0 Å². The molecule has 0 saturated heterocycles. The summed E-state index contributed by atoms with van der Waals surface area (Å²) in [6, 6.07) is 0. The molecule has 3 aliphatic rings. The number of nitrogens with zero attached hydrogens (tertiary/aromatic N) is 1. The lowest BCUT2D eigenvalue weighted by Crippen LogP contribution is -2.57. The third-order valence-electron chi connectivity index (χ3n) is 5.75. The molecule has 0 spiro atoms. The molecule has 3 aliphatic carbocycles. The van der Waals surface area contributed by atoms with E-state index in [1.54, 1.807) is 0 Å². The van der Waals surface area contributed by atoms with Crippen molar-refractivity contribution in [2.75, 3.05) is 19.6 Å². The number of nitrogens with two attached hydrogens (primary N) is 1. The van der Waals surface area contributed by atoms with Crippen LogP contribution in [0, 0.1) is 17.8 Å². The van der Waals surface area contributed by atoms with Crippen LogP contribution in [0.3, 0.4) is 0 Å². The first-order valence-electron chi connectivity index (χ1n) is 8.23. The Morgan fingerprint density at radius 1 is 1.06 bits per heavy atom. The number of hydrogen-bond acceptors (Lipinski definition) is 2. The number of rotatable bonds is 7. The Labute approximate surface area is 112 Å². The van der Waals surface area contributed by atoms with E-state index < -0.39 is 0 Å². The highest BCUT2D eigenvalue weighted by Crippen LogP contribution is 2.45. The maximum Gasteiger partial charge on any atom is 0.0359 e. The molecule has 0 bridgehead atoms. The normalized spacial score (nSPS) is 36.5. The van der Waals surface area contributed by atoms with E-state index in [4.69, 9.17) is 5.73 Å². The van der Waals surface area contributed by atoms with Crippen LogP contribution in [0.25, 0.3) is 0 Å². The molecule has 3 saturated carbocycles. The van der Waals surface area contributed by atoms with Gasteiger partial charge in [0, 0.05) is 25.2 Å². The minimum atomic E-state index is 0.375. The van der Waals surface area contributed by atoms with Crippen molar-refractivity contribution < 1.29 is 0 Å². The van der Waals surface area contributed by atoms with Crippen LogP contribution in [0.15, 0.2) is 0 Å². The zero-order valence-electron chi connectivity index (χ0n) is 12.0. The smallest absolute Gasteiger partial charge is 0.0359 e. The van der Waals surface area contributed by atoms with Crippen LogP contribution >= 0.6 is 0 Å². The van der Waals surface area contributed by atoms with Gasteiger partial charge in [-0.3, -0.25) is 4.90 Å². The second-order valence-corrected chi connectivity index (χ2v) is 7.10. The summed E-state index contributed by atoms with van der Waals surface area (Å²) in [5.74, 6) is 2.87. The van der Waals surface area contributed by atoms with Gasteiger partial charge in [0.15, 0.2) is 0 Å². The van der Waals surface area contributed by atoms with Crippen molar-refractivity contribution in [2.45, 2.75) is 63.8 Å². The third kappa shape index (κ3) is 2.46. The highest BCUT2D eigenvalue weighted by Gasteiger charge is 2.47. The van der Waals surface area contributed by atoms with Gasteiger partial charge in [-0.1, -0.05) is 19.8 Å². The van der Waals surface area contributed by atoms with Crippen LogP contribution in [-0.4, -0.2) is 30.1 Å². The molecule has 0 aliphatic heterocycles. The topological polar surface area (TPSA) is 29.3 Å². The average molecular weight is 250 g/mol. The fourth-order valence-electron chi connectivity index (χ4n) is 4.19. The molecule has 0 radical (unpaired) electrons. The largest absolute Gasteiger partial charge is 0.329 e. The van der Waals surface area contributed by atoms with Gasteiger partial charge >= 0.3 is 0 Å². The van der Waals surface area contributed by atoms with Gasteiger partial charge in [-0.15, -0.1) is 0 Å². The summed E-state index contributed by atoms with van der Waals surface area (Å²) in [5, 5.41) is 0. The van der Waals surface area contributed by atoms with Crippen LogP contribution in [0.4, 0.5) is 0 Å². The molecule has 0 aromatic rings. The fraction of sp³-hybridized carbons (Fsp3) is 1.00. The SMILES string of the molecule is CCC1CCCC1(CN)N(CC1CC1)CC1CC1. The highest BCUT2D eigenvalue weighted by molar-refractivity contribution is 5.03. The summed E-state index contributed by atoms with van der Waals surface area (Å²) in [5.41, 5.74) is 6.66. The summed E-state index contributed by atoms with van der Waals surface area (Å²) >= 11 is 0. The molecule has 0 aromatic carbocycles. The lowest BCUT2D eigenvalue weighted by atomic mass is 9.82.